The average molecular weight is 364 g/mol. The summed E-state index contributed by atoms with van der Waals surface area (Å²) >= 11 is 0. The van der Waals surface area contributed by atoms with Crippen molar-refractivity contribution < 1.29 is 19.1 Å². The Hall–Kier alpha value is -1.87. The van der Waals surface area contributed by atoms with Gasteiger partial charge in [0.25, 0.3) is 0 Å². The normalized spacial score (nSPS) is 16.8. The molecule has 146 valence electrons. The number of amides is 2. The molecule has 6 nitrogen and oxygen atoms in total. The third-order valence-corrected chi connectivity index (χ3v) is 4.31. The van der Waals surface area contributed by atoms with Gasteiger partial charge in [-0.15, -0.1) is 12.3 Å². The zero-order valence-electron chi connectivity index (χ0n) is 16.1. The van der Waals surface area contributed by atoms with Crippen molar-refractivity contribution in [3.8, 4) is 12.3 Å². The minimum absolute atomic E-state index is 0.0199. The molecule has 1 saturated heterocycles. The Bertz CT molecular complexity index is 510. The highest BCUT2D eigenvalue weighted by atomic mass is 16.5. The number of unbranched alkanes of at least 4 members (excludes halogenated alkanes) is 3. The van der Waals surface area contributed by atoms with Gasteiger partial charge in [0.2, 0.25) is 11.8 Å². The second-order valence-corrected chi connectivity index (χ2v) is 7.02. The number of likely N-dealkylation sites (tertiary alicyclic amines) is 1. The number of nitrogens with zero attached hydrogens (tertiary/aromatic N) is 1. The molecular weight excluding hydrogens is 332 g/mol. The molecule has 0 aromatic rings. The van der Waals surface area contributed by atoms with Crippen molar-refractivity contribution in [3.63, 3.8) is 0 Å². The lowest BCUT2D eigenvalue weighted by Crippen LogP contribution is -2.38. The van der Waals surface area contributed by atoms with Crippen LogP contribution in [0.3, 0.4) is 0 Å². The number of ketones is 1. The highest BCUT2D eigenvalue weighted by Crippen LogP contribution is 2.18. The summed E-state index contributed by atoms with van der Waals surface area (Å²) in [5, 5.41) is 2.86. The monoisotopic (exact) mass is 364 g/mol. The summed E-state index contributed by atoms with van der Waals surface area (Å²) in [6, 6.07) is -0.125. The molecule has 0 saturated carbocycles. The van der Waals surface area contributed by atoms with Crippen LogP contribution in [0.1, 0.15) is 65.2 Å². The maximum atomic E-state index is 12.4. The minimum Gasteiger partial charge on any atom is -0.377 e. The van der Waals surface area contributed by atoms with Gasteiger partial charge in [-0.05, 0) is 33.1 Å². The highest BCUT2D eigenvalue weighted by molar-refractivity contribution is 5.90. The number of Topliss-reactive ketones (excluding diaryl/α,β-unsaturated/α-hetero) is 1. The van der Waals surface area contributed by atoms with Crippen molar-refractivity contribution in [3.05, 3.63) is 0 Å². The van der Waals surface area contributed by atoms with E-state index in [1.807, 2.05) is 13.8 Å². The number of terminal acetylenes is 1. The molecule has 1 rings (SSSR count). The molecule has 1 heterocycles. The second kappa shape index (κ2) is 12.5. The van der Waals surface area contributed by atoms with Gasteiger partial charge in [-0.3, -0.25) is 14.4 Å². The second-order valence-electron chi connectivity index (χ2n) is 7.02. The Morgan fingerprint density at radius 2 is 2.04 bits per heavy atom. The summed E-state index contributed by atoms with van der Waals surface area (Å²) in [4.78, 5) is 37.2. The fraction of sp³-hybridized carbons (Fsp3) is 0.750. The molecule has 1 aliphatic rings. The minimum atomic E-state index is -0.125. The van der Waals surface area contributed by atoms with Gasteiger partial charge in [0.15, 0.2) is 5.78 Å². The van der Waals surface area contributed by atoms with Gasteiger partial charge < -0.3 is 15.0 Å². The Morgan fingerprint density at radius 3 is 2.73 bits per heavy atom. The standard InChI is InChI=1S/C20H32N2O4/c1-4-5-7-10-19(24)21-12-9-6-8-11-20(25)22-14-18(23)13-17(22)15-26-16(2)3/h1,16-17H,5-15H2,2-3H3,(H,21,24)/t17-/m0/s1. The van der Waals surface area contributed by atoms with Crippen LogP contribution in [0.5, 0.6) is 0 Å². The molecule has 0 spiro atoms. The van der Waals surface area contributed by atoms with Crippen LogP contribution < -0.4 is 5.32 Å². The summed E-state index contributed by atoms with van der Waals surface area (Å²) in [5.41, 5.74) is 0. The van der Waals surface area contributed by atoms with Crippen molar-refractivity contribution in [2.75, 3.05) is 19.7 Å². The molecule has 0 bridgehead atoms. The smallest absolute Gasteiger partial charge is 0.223 e. The lowest BCUT2D eigenvalue weighted by atomic mass is 10.1. The molecule has 1 fully saturated rings. The predicted molar refractivity (Wildman–Crippen MR) is 100 cm³/mol. The molecule has 26 heavy (non-hydrogen) atoms. The number of rotatable bonds is 12. The predicted octanol–water partition coefficient (Wildman–Crippen LogP) is 2.06. The summed E-state index contributed by atoms with van der Waals surface area (Å²) < 4.78 is 5.57. The van der Waals surface area contributed by atoms with Gasteiger partial charge in [0.05, 0.1) is 25.3 Å². The third-order valence-electron chi connectivity index (χ3n) is 4.31. The van der Waals surface area contributed by atoms with Gasteiger partial charge in [-0.2, -0.15) is 0 Å². The summed E-state index contributed by atoms with van der Waals surface area (Å²) in [6.45, 7) is 5.13. The van der Waals surface area contributed by atoms with E-state index in [1.54, 1.807) is 4.90 Å². The molecular formula is C20H32N2O4. The topological polar surface area (TPSA) is 75.7 Å². The van der Waals surface area contributed by atoms with Gasteiger partial charge >= 0.3 is 0 Å². The largest absolute Gasteiger partial charge is 0.377 e. The molecule has 1 N–H and O–H groups in total. The number of ether oxygens (including phenoxy) is 1. The van der Waals surface area contributed by atoms with Crippen LogP contribution in [-0.2, 0) is 19.1 Å². The lowest BCUT2D eigenvalue weighted by molar-refractivity contribution is -0.134. The van der Waals surface area contributed by atoms with Crippen LogP contribution in [0.15, 0.2) is 0 Å². The lowest BCUT2D eigenvalue weighted by Gasteiger charge is -2.24. The quantitative estimate of drug-likeness (QED) is 0.425. The Balaban J connectivity index is 2.16. The number of hydrogen-bond acceptors (Lipinski definition) is 4. The van der Waals surface area contributed by atoms with Crippen LogP contribution in [0.4, 0.5) is 0 Å². The number of carbonyl (C=O) groups excluding carboxylic acids is 3. The van der Waals surface area contributed by atoms with E-state index in [0.717, 1.165) is 19.3 Å². The first kappa shape index (κ1) is 22.2. The van der Waals surface area contributed by atoms with Crippen molar-refractivity contribution in [1.82, 2.24) is 10.2 Å². The summed E-state index contributed by atoms with van der Waals surface area (Å²) in [7, 11) is 0. The van der Waals surface area contributed by atoms with E-state index >= 15 is 0 Å². The van der Waals surface area contributed by atoms with E-state index < -0.39 is 0 Å². The molecule has 6 heteroatoms. The zero-order valence-corrected chi connectivity index (χ0v) is 16.1. The van der Waals surface area contributed by atoms with E-state index in [2.05, 4.69) is 11.2 Å². The highest BCUT2D eigenvalue weighted by Gasteiger charge is 2.33. The van der Waals surface area contributed by atoms with Gasteiger partial charge in [-0.1, -0.05) is 6.42 Å². The molecule has 1 atom stereocenters. The van der Waals surface area contributed by atoms with E-state index in [1.165, 1.54) is 0 Å². The molecule has 2 amide bonds. The van der Waals surface area contributed by atoms with Crippen molar-refractivity contribution in [1.29, 1.82) is 0 Å². The third kappa shape index (κ3) is 9.00. The van der Waals surface area contributed by atoms with Gasteiger partial charge in [0, 0.05) is 32.2 Å². The fourth-order valence-corrected chi connectivity index (χ4v) is 2.89. The Labute approximate surface area is 157 Å². The average Bonchev–Trinajstić information content (AvgIpc) is 2.97. The number of nitrogens with one attached hydrogen (secondary N) is 1. The van der Waals surface area contributed by atoms with Crippen molar-refractivity contribution in [2.45, 2.75) is 77.4 Å². The molecule has 0 aromatic heterocycles. The number of hydrogen-bond donors (Lipinski definition) is 1. The molecule has 0 aromatic carbocycles. The maximum Gasteiger partial charge on any atom is 0.223 e. The Morgan fingerprint density at radius 1 is 1.27 bits per heavy atom. The van der Waals surface area contributed by atoms with E-state index in [4.69, 9.17) is 11.2 Å². The summed E-state index contributed by atoms with van der Waals surface area (Å²) in [5.74, 6) is 2.66. The van der Waals surface area contributed by atoms with Crippen molar-refractivity contribution >= 4 is 17.6 Å². The maximum absolute atomic E-state index is 12.4. The SMILES string of the molecule is C#CCCCC(=O)NCCCCCC(=O)N1CC(=O)C[C@H]1COC(C)C. The van der Waals surface area contributed by atoms with Crippen LogP contribution in [-0.4, -0.2) is 54.3 Å². The van der Waals surface area contributed by atoms with Crippen LogP contribution in [0, 0.1) is 12.3 Å². The van der Waals surface area contributed by atoms with E-state index in [9.17, 15) is 14.4 Å². The number of carbonyl (C=O) groups is 3. The Kier molecular flexibility index (Phi) is 10.6. The summed E-state index contributed by atoms with van der Waals surface area (Å²) in [6.07, 6.45) is 10.3. The first-order chi connectivity index (χ1) is 12.4. The first-order valence-corrected chi connectivity index (χ1v) is 9.57. The molecule has 0 unspecified atom stereocenters. The van der Waals surface area contributed by atoms with Crippen LogP contribution in [0.2, 0.25) is 0 Å². The van der Waals surface area contributed by atoms with E-state index in [0.29, 0.717) is 45.3 Å². The van der Waals surface area contributed by atoms with Gasteiger partial charge in [-0.25, -0.2) is 0 Å². The van der Waals surface area contributed by atoms with Crippen molar-refractivity contribution in [2.24, 2.45) is 0 Å². The zero-order chi connectivity index (χ0) is 19.4. The van der Waals surface area contributed by atoms with Crippen LogP contribution in [0.25, 0.3) is 0 Å². The molecule has 0 aliphatic carbocycles. The van der Waals surface area contributed by atoms with E-state index in [-0.39, 0.29) is 36.3 Å². The fourth-order valence-electron chi connectivity index (χ4n) is 2.89. The van der Waals surface area contributed by atoms with Crippen LogP contribution >= 0.6 is 0 Å². The molecule has 0 radical (unpaired) electrons. The van der Waals surface area contributed by atoms with Gasteiger partial charge in [0.1, 0.15) is 0 Å². The molecule has 1 aliphatic heterocycles. The first-order valence-electron chi connectivity index (χ1n) is 9.57.